The van der Waals surface area contributed by atoms with Crippen LogP contribution in [0.4, 0.5) is 5.82 Å². The van der Waals surface area contributed by atoms with Crippen molar-refractivity contribution >= 4 is 17.7 Å². The number of amides is 1. The van der Waals surface area contributed by atoms with Gasteiger partial charge in [0.05, 0.1) is 12.3 Å². The summed E-state index contributed by atoms with van der Waals surface area (Å²) < 4.78 is 12.0. The van der Waals surface area contributed by atoms with Gasteiger partial charge in [0.25, 0.3) is 5.91 Å². The van der Waals surface area contributed by atoms with Crippen molar-refractivity contribution in [2.24, 2.45) is 7.05 Å². The lowest BCUT2D eigenvalue weighted by molar-refractivity contribution is -0.122. The summed E-state index contributed by atoms with van der Waals surface area (Å²) in [6.45, 7) is 5.17. The highest BCUT2D eigenvalue weighted by Gasteiger charge is 2.25. The fourth-order valence-electron chi connectivity index (χ4n) is 2.25. The van der Waals surface area contributed by atoms with Gasteiger partial charge in [-0.15, -0.1) is 0 Å². The Bertz CT molecular complexity index is 767. The van der Waals surface area contributed by atoms with Crippen LogP contribution in [0.5, 0.6) is 11.5 Å². The number of esters is 1. The van der Waals surface area contributed by atoms with Crippen LogP contribution in [-0.4, -0.2) is 39.5 Å². The molecule has 8 heteroatoms. The highest BCUT2D eigenvalue weighted by molar-refractivity contribution is 6.02. The summed E-state index contributed by atoms with van der Waals surface area (Å²) in [6.07, 6.45) is -0.824. The predicted molar refractivity (Wildman–Crippen MR) is 90.7 cm³/mol. The summed E-state index contributed by atoms with van der Waals surface area (Å²) in [5.41, 5.74) is 0.679. The van der Waals surface area contributed by atoms with E-state index in [2.05, 4.69) is 10.4 Å². The smallest absolute Gasteiger partial charge is 0.343 e. The number of hydrogen-bond donors (Lipinski definition) is 2. The number of anilines is 1. The molecule has 1 aromatic heterocycles. The molecule has 0 aliphatic rings. The molecular formula is C17H21N3O5. The van der Waals surface area contributed by atoms with Crippen molar-refractivity contribution in [3.05, 3.63) is 35.5 Å². The molecule has 1 heterocycles. The van der Waals surface area contributed by atoms with Crippen LogP contribution >= 0.6 is 0 Å². The number of hydrogen-bond acceptors (Lipinski definition) is 6. The molecule has 134 valence electrons. The molecular weight excluding hydrogens is 326 g/mol. The first-order valence-corrected chi connectivity index (χ1v) is 7.80. The van der Waals surface area contributed by atoms with Crippen molar-refractivity contribution in [3.63, 3.8) is 0 Å². The molecule has 2 rings (SSSR count). The number of ether oxygens (including phenoxy) is 2. The summed E-state index contributed by atoms with van der Waals surface area (Å²) in [5, 5.41) is 16.1. The molecule has 25 heavy (non-hydrogen) atoms. The number of nitrogens with one attached hydrogen (secondary N) is 1. The average molecular weight is 347 g/mol. The molecule has 0 spiro atoms. The minimum absolute atomic E-state index is 0.105. The standard InChI is InChI=1S/C17H21N3O5/c1-5-24-17(23)14-10(2)19-20(4)15(14)18-16(22)11(3)25-13-8-6-12(21)7-9-13/h6-9,11,21H,5H2,1-4H3,(H,18,22). The topological polar surface area (TPSA) is 103 Å². The lowest BCUT2D eigenvalue weighted by Gasteiger charge is -2.15. The molecule has 0 aliphatic carbocycles. The van der Waals surface area contributed by atoms with Crippen molar-refractivity contribution in [2.75, 3.05) is 11.9 Å². The van der Waals surface area contributed by atoms with Crippen molar-refractivity contribution < 1.29 is 24.2 Å². The van der Waals surface area contributed by atoms with Crippen LogP contribution in [0.25, 0.3) is 0 Å². The van der Waals surface area contributed by atoms with E-state index in [1.165, 1.54) is 16.8 Å². The number of nitrogens with zero attached hydrogens (tertiary/aromatic N) is 2. The zero-order valence-corrected chi connectivity index (χ0v) is 14.6. The Balaban J connectivity index is 2.14. The van der Waals surface area contributed by atoms with E-state index in [-0.39, 0.29) is 23.7 Å². The first-order valence-electron chi connectivity index (χ1n) is 7.80. The first-order chi connectivity index (χ1) is 11.8. The molecule has 0 radical (unpaired) electrons. The van der Waals surface area contributed by atoms with Gasteiger partial charge in [-0.3, -0.25) is 9.48 Å². The van der Waals surface area contributed by atoms with Gasteiger partial charge < -0.3 is 19.9 Å². The summed E-state index contributed by atoms with van der Waals surface area (Å²) in [5.74, 6) is -0.194. The first kappa shape index (κ1) is 18.3. The summed E-state index contributed by atoms with van der Waals surface area (Å²) in [6, 6.07) is 6.03. The monoisotopic (exact) mass is 347 g/mol. The molecule has 0 saturated heterocycles. The second-order valence-electron chi connectivity index (χ2n) is 5.40. The molecule has 0 aliphatic heterocycles. The maximum Gasteiger partial charge on any atom is 0.343 e. The Hall–Kier alpha value is -3.03. The molecule has 8 nitrogen and oxygen atoms in total. The SMILES string of the molecule is CCOC(=O)c1c(C)nn(C)c1NC(=O)C(C)Oc1ccc(O)cc1. The van der Waals surface area contributed by atoms with E-state index in [1.807, 2.05) is 0 Å². The summed E-state index contributed by atoms with van der Waals surface area (Å²) in [7, 11) is 1.62. The molecule has 1 amide bonds. The van der Waals surface area contributed by atoms with Gasteiger partial charge in [-0.1, -0.05) is 0 Å². The fourth-order valence-corrected chi connectivity index (χ4v) is 2.25. The highest BCUT2D eigenvalue weighted by atomic mass is 16.5. The van der Waals surface area contributed by atoms with Crippen LogP contribution in [-0.2, 0) is 16.6 Å². The van der Waals surface area contributed by atoms with E-state index in [0.717, 1.165) is 0 Å². The van der Waals surface area contributed by atoms with Crippen molar-refractivity contribution in [1.29, 1.82) is 0 Å². The van der Waals surface area contributed by atoms with Crippen molar-refractivity contribution in [3.8, 4) is 11.5 Å². The van der Waals surface area contributed by atoms with Gasteiger partial charge in [0.1, 0.15) is 22.9 Å². The van der Waals surface area contributed by atoms with E-state index in [1.54, 1.807) is 40.0 Å². The van der Waals surface area contributed by atoms with Crippen LogP contribution in [0.1, 0.15) is 29.9 Å². The number of rotatable bonds is 6. The lowest BCUT2D eigenvalue weighted by Crippen LogP contribution is -2.31. The van der Waals surface area contributed by atoms with Gasteiger partial charge in [0.2, 0.25) is 0 Å². The summed E-state index contributed by atoms with van der Waals surface area (Å²) in [4.78, 5) is 24.5. The van der Waals surface area contributed by atoms with Crippen molar-refractivity contribution in [1.82, 2.24) is 9.78 Å². The van der Waals surface area contributed by atoms with E-state index in [4.69, 9.17) is 9.47 Å². The molecule has 2 N–H and O–H groups in total. The van der Waals surface area contributed by atoms with Gasteiger partial charge in [-0.25, -0.2) is 4.79 Å². The van der Waals surface area contributed by atoms with Crippen LogP contribution in [0.2, 0.25) is 0 Å². The van der Waals surface area contributed by atoms with Crippen LogP contribution in [0.3, 0.4) is 0 Å². The molecule has 0 bridgehead atoms. The quantitative estimate of drug-likeness (QED) is 0.775. The third-order valence-electron chi connectivity index (χ3n) is 3.46. The van der Waals surface area contributed by atoms with Gasteiger partial charge >= 0.3 is 5.97 Å². The molecule has 2 aromatic rings. The Kier molecular flexibility index (Phi) is 5.63. The number of aromatic hydroxyl groups is 1. The maximum absolute atomic E-state index is 12.4. The van der Waals surface area contributed by atoms with Gasteiger partial charge in [0.15, 0.2) is 6.10 Å². The molecule has 1 aromatic carbocycles. The van der Waals surface area contributed by atoms with Gasteiger partial charge in [-0.2, -0.15) is 5.10 Å². The van der Waals surface area contributed by atoms with E-state index < -0.39 is 18.0 Å². The zero-order chi connectivity index (χ0) is 18.6. The zero-order valence-electron chi connectivity index (χ0n) is 14.6. The molecule has 1 atom stereocenters. The second kappa shape index (κ2) is 7.69. The minimum atomic E-state index is -0.824. The molecule has 0 fully saturated rings. The van der Waals surface area contributed by atoms with E-state index >= 15 is 0 Å². The number of phenols is 1. The fraction of sp³-hybridized carbons (Fsp3) is 0.353. The van der Waals surface area contributed by atoms with Crippen LogP contribution < -0.4 is 10.1 Å². The maximum atomic E-state index is 12.4. The number of aromatic nitrogens is 2. The minimum Gasteiger partial charge on any atom is -0.508 e. The van der Waals surface area contributed by atoms with E-state index in [0.29, 0.717) is 11.4 Å². The Morgan fingerprint density at radius 3 is 2.56 bits per heavy atom. The normalized spacial score (nSPS) is 11.7. The Morgan fingerprint density at radius 2 is 1.96 bits per heavy atom. The van der Waals surface area contributed by atoms with Gasteiger partial charge in [0, 0.05) is 7.05 Å². The predicted octanol–water partition coefficient (Wildman–Crippen LogP) is 2.02. The molecule has 0 saturated carbocycles. The molecule has 1 unspecified atom stereocenters. The van der Waals surface area contributed by atoms with E-state index in [9.17, 15) is 14.7 Å². The lowest BCUT2D eigenvalue weighted by atomic mass is 10.2. The Labute approximate surface area is 145 Å². The number of carbonyl (C=O) groups is 2. The second-order valence-corrected chi connectivity index (χ2v) is 5.40. The van der Waals surface area contributed by atoms with Crippen LogP contribution in [0, 0.1) is 6.92 Å². The third kappa shape index (κ3) is 4.28. The highest BCUT2D eigenvalue weighted by Crippen LogP contribution is 2.21. The average Bonchev–Trinajstić information content (AvgIpc) is 2.83. The van der Waals surface area contributed by atoms with Gasteiger partial charge in [-0.05, 0) is 45.0 Å². The van der Waals surface area contributed by atoms with Crippen LogP contribution in [0.15, 0.2) is 24.3 Å². The number of aryl methyl sites for hydroxylation is 2. The van der Waals surface area contributed by atoms with Crippen molar-refractivity contribution in [2.45, 2.75) is 26.9 Å². The Morgan fingerprint density at radius 1 is 1.32 bits per heavy atom. The number of benzene rings is 1. The summed E-state index contributed by atoms with van der Waals surface area (Å²) >= 11 is 0. The third-order valence-corrected chi connectivity index (χ3v) is 3.46. The number of phenolic OH excluding ortho intramolecular Hbond substituents is 1. The largest absolute Gasteiger partial charge is 0.508 e. The number of carbonyl (C=O) groups excluding carboxylic acids is 2.